The molecule has 0 saturated heterocycles. The molecule has 0 aromatic heterocycles. The van der Waals surface area contributed by atoms with Gasteiger partial charge in [0, 0.05) is 12.6 Å². The Balaban J connectivity index is 3.29. The first-order valence-corrected chi connectivity index (χ1v) is 3.96. The van der Waals surface area contributed by atoms with E-state index in [0.29, 0.717) is 0 Å². The average Bonchev–Trinajstić information content (AvgIpc) is 2.16. The fraction of sp³-hybridized carbons (Fsp3) is 0.250. The van der Waals surface area contributed by atoms with Crippen LogP contribution in [0.3, 0.4) is 0 Å². The Morgan fingerprint density at radius 1 is 1.57 bits per heavy atom. The molecule has 0 spiro atoms. The Kier molecular flexibility index (Phi) is 3.10. The van der Waals surface area contributed by atoms with Crippen LogP contribution in [-0.4, -0.2) is 11.5 Å². The third kappa shape index (κ3) is 1.86. The van der Waals surface area contributed by atoms with Crippen molar-refractivity contribution in [2.24, 2.45) is 11.5 Å². The van der Waals surface area contributed by atoms with Crippen molar-refractivity contribution in [2.45, 2.75) is 6.04 Å². The van der Waals surface area contributed by atoms with Gasteiger partial charge in [-0.3, -0.25) is 10.1 Å². The van der Waals surface area contributed by atoms with Crippen molar-refractivity contribution >= 4 is 5.69 Å². The summed E-state index contributed by atoms with van der Waals surface area (Å²) in [5.41, 5.74) is 10.2. The monoisotopic (exact) mass is 199 g/mol. The van der Waals surface area contributed by atoms with Gasteiger partial charge in [0.2, 0.25) is 0 Å². The molecule has 0 fully saturated rings. The lowest BCUT2D eigenvalue weighted by atomic mass is 10.1. The van der Waals surface area contributed by atoms with E-state index in [0.717, 1.165) is 6.07 Å². The summed E-state index contributed by atoms with van der Waals surface area (Å²) in [6.07, 6.45) is 0. The van der Waals surface area contributed by atoms with E-state index in [9.17, 15) is 14.5 Å². The van der Waals surface area contributed by atoms with Crippen molar-refractivity contribution in [3.8, 4) is 0 Å². The summed E-state index contributed by atoms with van der Waals surface area (Å²) < 4.78 is 13.2. The highest BCUT2D eigenvalue weighted by molar-refractivity contribution is 5.43. The van der Waals surface area contributed by atoms with E-state index in [1.165, 1.54) is 12.1 Å². The van der Waals surface area contributed by atoms with Crippen LogP contribution in [0.15, 0.2) is 18.2 Å². The minimum absolute atomic E-state index is 0.0399. The Hall–Kier alpha value is -1.53. The molecule has 0 unspecified atom stereocenters. The smallest absolute Gasteiger partial charge is 0.277 e. The van der Waals surface area contributed by atoms with Crippen LogP contribution in [0.25, 0.3) is 0 Å². The maximum absolute atomic E-state index is 13.2. The Bertz CT molecular complexity index is 356. The number of nitro benzene ring substituents is 1. The zero-order valence-corrected chi connectivity index (χ0v) is 7.31. The van der Waals surface area contributed by atoms with E-state index in [2.05, 4.69) is 0 Å². The number of halogens is 1. The van der Waals surface area contributed by atoms with Gasteiger partial charge in [-0.2, -0.15) is 0 Å². The molecule has 1 aromatic carbocycles. The van der Waals surface area contributed by atoms with Gasteiger partial charge in [-0.25, -0.2) is 4.39 Å². The Labute approximate surface area is 79.7 Å². The van der Waals surface area contributed by atoms with Crippen molar-refractivity contribution in [2.75, 3.05) is 6.54 Å². The normalized spacial score (nSPS) is 12.5. The zero-order valence-electron chi connectivity index (χ0n) is 7.31. The lowest BCUT2D eigenvalue weighted by Gasteiger charge is -2.09. The molecule has 0 aliphatic rings. The topological polar surface area (TPSA) is 95.2 Å². The van der Waals surface area contributed by atoms with Crippen molar-refractivity contribution in [3.05, 3.63) is 39.7 Å². The molecule has 1 rings (SSSR count). The number of hydrogen-bond acceptors (Lipinski definition) is 4. The molecular weight excluding hydrogens is 189 g/mol. The molecule has 5 nitrogen and oxygen atoms in total. The second-order valence-corrected chi connectivity index (χ2v) is 2.77. The SMILES string of the molecule is NC[C@@H](N)c1c(F)cccc1[N+](=O)[O-]. The molecule has 0 aliphatic carbocycles. The maximum Gasteiger partial charge on any atom is 0.277 e. The first-order chi connectivity index (χ1) is 6.57. The molecule has 0 amide bonds. The molecule has 0 bridgehead atoms. The van der Waals surface area contributed by atoms with Gasteiger partial charge in [-0.15, -0.1) is 0 Å². The van der Waals surface area contributed by atoms with Crippen LogP contribution >= 0.6 is 0 Å². The van der Waals surface area contributed by atoms with Gasteiger partial charge in [0.1, 0.15) is 5.82 Å². The molecule has 76 valence electrons. The van der Waals surface area contributed by atoms with Crippen LogP contribution in [0.1, 0.15) is 11.6 Å². The van der Waals surface area contributed by atoms with Crippen LogP contribution in [0, 0.1) is 15.9 Å². The molecule has 0 saturated carbocycles. The number of nitrogens with zero attached hydrogens (tertiary/aromatic N) is 1. The fourth-order valence-corrected chi connectivity index (χ4v) is 1.17. The second kappa shape index (κ2) is 4.12. The number of hydrogen-bond donors (Lipinski definition) is 2. The minimum Gasteiger partial charge on any atom is -0.329 e. The van der Waals surface area contributed by atoms with Gasteiger partial charge < -0.3 is 11.5 Å². The van der Waals surface area contributed by atoms with E-state index >= 15 is 0 Å². The van der Waals surface area contributed by atoms with Gasteiger partial charge in [0.05, 0.1) is 16.5 Å². The standard InChI is InChI=1S/C8H10FN3O2/c9-5-2-1-3-7(12(13)14)8(5)6(11)4-10/h1-3,6H,4,10-11H2/t6-/m1/s1. The molecule has 0 aliphatic heterocycles. The highest BCUT2D eigenvalue weighted by atomic mass is 19.1. The highest BCUT2D eigenvalue weighted by Crippen LogP contribution is 2.25. The van der Waals surface area contributed by atoms with Crippen molar-refractivity contribution in [3.63, 3.8) is 0 Å². The molecule has 4 N–H and O–H groups in total. The van der Waals surface area contributed by atoms with E-state index in [-0.39, 0.29) is 17.8 Å². The summed E-state index contributed by atoms with van der Waals surface area (Å²) in [6.45, 7) is -0.0399. The molecular formula is C8H10FN3O2. The van der Waals surface area contributed by atoms with Gasteiger partial charge in [0.25, 0.3) is 5.69 Å². The molecule has 6 heteroatoms. The third-order valence-electron chi connectivity index (χ3n) is 1.85. The lowest BCUT2D eigenvalue weighted by Crippen LogP contribution is -2.23. The van der Waals surface area contributed by atoms with Gasteiger partial charge in [0.15, 0.2) is 0 Å². The first kappa shape index (κ1) is 10.6. The van der Waals surface area contributed by atoms with Crippen LogP contribution in [0.2, 0.25) is 0 Å². The van der Waals surface area contributed by atoms with E-state index in [4.69, 9.17) is 11.5 Å². The summed E-state index contributed by atoms with van der Waals surface area (Å²) in [7, 11) is 0. The summed E-state index contributed by atoms with van der Waals surface area (Å²) in [5.74, 6) is -0.697. The van der Waals surface area contributed by atoms with Gasteiger partial charge in [-0.1, -0.05) is 6.07 Å². The largest absolute Gasteiger partial charge is 0.329 e. The summed E-state index contributed by atoms with van der Waals surface area (Å²) >= 11 is 0. The van der Waals surface area contributed by atoms with Crippen LogP contribution in [0.5, 0.6) is 0 Å². The van der Waals surface area contributed by atoms with Crippen molar-refractivity contribution < 1.29 is 9.31 Å². The number of benzene rings is 1. The second-order valence-electron chi connectivity index (χ2n) is 2.77. The van der Waals surface area contributed by atoms with Crippen LogP contribution in [0.4, 0.5) is 10.1 Å². The molecule has 1 atom stereocenters. The first-order valence-electron chi connectivity index (χ1n) is 3.96. The summed E-state index contributed by atoms with van der Waals surface area (Å²) in [6, 6.07) is 2.74. The van der Waals surface area contributed by atoms with Gasteiger partial charge in [-0.05, 0) is 6.07 Å². The van der Waals surface area contributed by atoms with Crippen LogP contribution in [-0.2, 0) is 0 Å². The molecule has 0 radical (unpaired) electrons. The van der Waals surface area contributed by atoms with E-state index < -0.39 is 16.8 Å². The minimum atomic E-state index is -0.850. The number of nitro groups is 1. The molecule has 14 heavy (non-hydrogen) atoms. The third-order valence-corrected chi connectivity index (χ3v) is 1.85. The Morgan fingerprint density at radius 2 is 2.21 bits per heavy atom. The van der Waals surface area contributed by atoms with Crippen molar-refractivity contribution in [1.29, 1.82) is 0 Å². The fourth-order valence-electron chi connectivity index (χ4n) is 1.17. The highest BCUT2D eigenvalue weighted by Gasteiger charge is 2.22. The molecule has 0 heterocycles. The predicted molar refractivity (Wildman–Crippen MR) is 49.0 cm³/mol. The van der Waals surface area contributed by atoms with Crippen molar-refractivity contribution in [1.82, 2.24) is 0 Å². The number of nitrogens with two attached hydrogens (primary N) is 2. The number of rotatable bonds is 3. The summed E-state index contributed by atoms with van der Waals surface area (Å²) in [4.78, 5) is 9.86. The summed E-state index contributed by atoms with van der Waals surface area (Å²) in [5, 5.41) is 10.5. The van der Waals surface area contributed by atoms with Gasteiger partial charge >= 0.3 is 0 Å². The zero-order chi connectivity index (χ0) is 10.7. The molecule has 1 aromatic rings. The maximum atomic E-state index is 13.2. The lowest BCUT2D eigenvalue weighted by molar-refractivity contribution is -0.385. The quantitative estimate of drug-likeness (QED) is 0.553. The Morgan fingerprint density at radius 3 is 2.71 bits per heavy atom. The predicted octanol–water partition coefficient (Wildman–Crippen LogP) is 0.692. The van der Waals surface area contributed by atoms with E-state index in [1.807, 2.05) is 0 Å². The van der Waals surface area contributed by atoms with Crippen LogP contribution < -0.4 is 11.5 Å². The average molecular weight is 199 g/mol. The van der Waals surface area contributed by atoms with E-state index in [1.54, 1.807) is 0 Å².